The molecule has 27 heavy (non-hydrogen) atoms. The van der Waals surface area contributed by atoms with Crippen LogP contribution in [0.3, 0.4) is 0 Å². The van der Waals surface area contributed by atoms with Crippen LogP contribution in [-0.4, -0.2) is 10.8 Å². The van der Waals surface area contributed by atoms with Gasteiger partial charge in [0.15, 0.2) is 0 Å². The molecule has 0 aliphatic carbocycles. The number of carbonyl (C=O) groups is 1. The summed E-state index contributed by atoms with van der Waals surface area (Å²) in [5.41, 5.74) is -1.36. The van der Waals surface area contributed by atoms with Gasteiger partial charge in [0.25, 0.3) is 11.6 Å². The number of nitrogens with zero attached hydrogens (tertiary/aromatic N) is 2. The number of carbonyl (C=O) groups excluding carboxylic acids is 1. The first kappa shape index (κ1) is 20.1. The molecule has 0 saturated carbocycles. The SMILES string of the molecule is N#C/C(=C\c1cccc(C(F)(F)F)c1)C(=O)Nc1ccc([N+](=O)[O-])cc1Br. The van der Waals surface area contributed by atoms with E-state index in [4.69, 9.17) is 5.26 Å². The maximum absolute atomic E-state index is 12.7. The van der Waals surface area contributed by atoms with Crippen molar-refractivity contribution in [1.29, 1.82) is 5.26 Å². The van der Waals surface area contributed by atoms with E-state index in [0.717, 1.165) is 36.4 Å². The molecule has 6 nitrogen and oxygen atoms in total. The van der Waals surface area contributed by atoms with Crippen molar-refractivity contribution in [3.8, 4) is 6.07 Å². The molecule has 138 valence electrons. The predicted molar refractivity (Wildman–Crippen MR) is 94.5 cm³/mol. The molecule has 0 fully saturated rings. The van der Waals surface area contributed by atoms with E-state index in [2.05, 4.69) is 21.2 Å². The van der Waals surface area contributed by atoms with E-state index in [9.17, 15) is 28.1 Å². The van der Waals surface area contributed by atoms with Gasteiger partial charge in [-0.2, -0.15) is 18.4 Å². The summed E-state index contributed by atoms with van der Waals surface area (Å²) in [6.45, 7) is 0. The lowest BCUT2D eigenvalue weighted by Crippen LogP contribution is -2.14. The second kappa shape index (κ2) is 8.01. The van der Waals surface area contributed by atoms with Gasteiger partial charge in [0, 0.05) is 16.6 Å². The third-order valence-electron chi connectivity index (χ3n) is 3.30. The van der Waals surface area contributed by atoms with Crippen LogP contribution in [0.1, 0.15) is 11.1 Å². The summed E-state index contributed by atoms with van der Waals surface area (Å²) in [6.07, 6.45) is -3.54. The molecule has 0 aliphatic rings. The molecule has 10 heteroatoms. The largest absolute Gasteiger partial charge is 0.416 e. The summed E-state index contributed by atoms with van der Waals surface area (Å²) >= 11 is 3.07. The molecule has 0 atom stereocenters. The summed E-state index contributed by atoms with van der Waals surface area (Å²) in [5, 5.41) is 22.2. The van der Waals surface area contributed by atoms with Gasteiger partial charge in [0.05, 0.1) is 16.2 Å². The van der Waals surface area contributed by atoms with Gasteiger partial charge < -0.3 is 5.32 Å². The maximum atomic E-state index is 12.7. The molecule has 0 bridgehead atoms. The maximum Gasteiger partial charge on any atom is 0.416 e. The van der Waals surface area contributed by atoms with E-state index in [-0.39, 0.29) is 21.4 Å². The van der Waals surface area contributed by atoms with Crippen molar-refractivity contribution in [2.24, 2.45) is 0 Å². The lowest BCUT2D eigenvalue weighted by Gasteiger charge is -2.08. The average Bonchev–Trinajstić information content (AvgIpc) is 2.60. The monoisotopic (exact) mass is 439 g/mol. The van der Waals surface area contributed by atoms with E-state index in [0.29, 0.717) is 0 Å². The van der Waals surface area contributed by atoms with Crippen LogP contribution in [0.25, 0.3) is 6.08 Å². The van der Waals surface area contributed by atoms with E-state index >= 15 is 0 Å². The number of anilines is 1. The zero-order valence-electron chi connectivity index (χ0n) is 13.2. The number of nitro groups is 1. The van der Waals surface area contributed by atoms with Crippen molar-refractivity contribution >= 4 is 39.3 Å². The Balaban J connectivity index is 2.28. The van der Waals surface area contributed by atoms with Crippen molar-refractivity contribution in [2.45, 2.75) is 6.18 Å². The second-order valence-corrected chi connectivity index (χ2v) is 6.02. The zero-order chi connectivity index (χ0) is 20.2. The lowest BCUT2D eigenvalue weighted by molar-refractivity contribution is -0.384. The Hall–Kier alpha value is -3.19. The van der Waals surface area contributed by atoms with Gasteiger partial charge in [-0.3, -0.25) is 14.9 Å². The van der Waals surface area contributed by atoms with E-state index in [1.54, 1.807) is 6.07 Å². The van der Waals surface area contributed by atoms with Crippen LogP contribution < -0.4 is 5.32 Å². The molecule has 0 unspecified atom stereocenters. The third-order valence-corrected chi connectivity index (χ3v) is 3.96. The molecule has 1 amide bonds. The Morgan fingerprint density at radius 2 is 1.96 bits per heavy atom. The van der Waals surface area contributed by atoms with E-state index < -0.39 is 28.1 Å². The number of benzene rings is 2. The number of rotatable bonds is 4. The van der Waals surface area contributed by atoms with Crippen LogP contribution in [0.5, 0.6) is 0 Å². The minimum atomic E-state index is -4.55. The molecule has 2 aromatic rings. The van der Waals surface area contributed by atoms with Crippen molar-refractivity contribution in [1.82, 2.24) is 0 Å². The summed E-state index contributed by atoms with van der Waals surface area (Å²) in [4.78, 5) is 22.3. The Kier molecular flexibility index (Phi) is 5.97. The number of hydrogen-bond donors (Lipinski definition) is 1. The Bertz CT molecular complexity index is 981. The highest BCUT2D eigenvalue weighted by Crippen LogP contribution is 2.30. The van der Waals surface area contributed by atoms with Gasteiger partial charge in [0.1, 0.15) is 11.6 Å². The molecular formula is C17H9BrF3N3O3. The van der Waals surface area contributed by atoms with Gasteiger partial charge in [-0.25, -0.2) is 0 Å². The lowest BCUT2D eigenvalue weighted by atomic mass is 10.1. The predicted octanol–water partition coefficient (Wildman–Crippen LogP) is 4.92. The molecule has 0 spiro atoms. The normalized spacial score (nSPS) is 11.6. The molecule has 0 heterocycles. The molecule has 1 N–H and O–H groups in total. The minimum absolute atomic E-state index is 0.0271. The summed E-state index contributed by atoms with van der Waals surface area (Å²) < 4.78 is 38.5. The molecule has 0 saturated heterocycles. The van der Waals surface area contributed by atoms with Gasteiger partial charge >= 0.3 is 6.18 Å². The number of amides is 1. The number of non-ortho nitro benzene ring substituents is 1. The highest BCUT2D eigenvalue weighted by atomic mass is 79.9. The van der Waals surface area contributed by atoms with Crippen LogP contribution in [0.2, 0.25) is 0 Å². The summed E-state index contributed by atoms with van der Waals surface area (Å²) in [6, 6.07) is 9.37. The highest BCUT2D eigenvalue weighted by molar-refractivity contribution is 9.10. The Morgan fingerprint density at radius 1 is 1.26 bits per heavy atom. The molecule has 2 rings (SSSR count). The zero-order valence-corrected chi connectivity index (χ0v) is 14.8. The van der Waals surface area contributed by atoms with Crippen LogP contribution in [-0.2, 0) is 11.0 Å². The molecule has 0 aromatic heterocycles. The standard InChI is InChI=1S/C17H9BrF3N3O3/c18-14-8-13(24(26)27)4-5-15(14)23-16(25)11(9-22)6-10-2-1-3-12(7-10)17(19,20)21/h1-8H,(H,23,25)/b11-6+. The smallest absolute Gasteiger partial charge is 0.320 e. The van der Waals surface area contributed by atoms with Crippen molar-refractivity contribution in [3.05, 3.63) is 73.8 Å². The van der Waals surface area contributed by atoms with Crippen LogP contribution in [0, 0.1) is 21.4 Å². The second-order valence-electron chi connectivity index (χ2n) is 5.17. The minimum Gasteiger partial charge on any atom is -0.320 e. The summed E-state index contributed by atoms with van der Waals surface area (Å²) in [5.74, 6) is -0.871. The number of nitro benzene ring substituents is 1. The number of nitrogens with one attached hydrogen (secondary N) is 1. The first-order valence-corrected chi connectivity index (χ1v) is 7.95. The van der Waals surface area contributed by atoms with Crippen molar-refractivity contribution in [3.63, 3.8) is 0 Å². The third kappa shape index (κ3) is 5.15. The first-order chi connectivity index (χ1) is 12.6. The average molecular weight is 440 g/mol. The topological polar surface area (TPSA) is 96.0 Å². The van der Waals surface area contributed by atoms with E-state index in [1.807, 2.05) is 0 Å². The van der Waals surface area contributed by atoms with Crippen molar-refractivity contribution < 1.29 is 22.9 Å². The molecular weight excluding hydrogens is 431 g/mol. The molecule has 2 aromatic carbocycles. The van der Waals surface area contributed by atoms with Gasteiger partial charge in [-0.15, -0.1) is 0 Å². The number of alkyl halides is 3. The first-order valence-electron chi connectivity index (χ1n) is 7.16. The van der Waals surface area contributed by atoms with Crippen LogP contribution in [0.4, 0.5) is 24.5 Å². The fourth-order valence-corrected chi connectivity index (χ4v) is 2.49. The Morgan fingerprint density at radius 3 is 2.52 bits per heavy atom. The van der Waals surface area contributed by atoms with Crippen LogP contribution >= 0.6 is 15.9 Å². The molecule has 0 aliphatic heterocycles. The Labute approximate surface area is 159 Å². The summed E-state index contributed by atoms with van der Waals surface area (Å²) in [7, 11) is 0. The quantitative estimate of drug-likeness (QED) is 0.316. The van der Waals surface area contributed by atoms with Crippen LogP contribution in [0.15, 0.2) is 52.5 Å². The van der Waals surface area contributed by atoms with Gasteiger partial charge in [-0.1, -0.05) is 12.1 Å². The van der Waals surface area contributed by atoms with Gasteiger partial charge in [0.2, 0.25) is 0 Å². The highest BCUT2D eigenvalue weighted by Gasteiger charge is 2.30. The fraction of sp³-hybridized carbons (Fsp3) is 0.0588. The number of halogens is 4. The number of hydrogen-bond acceptors (Lipinski definition) is 4. The molecule has 0 radical (unpaired) electrons. The van der Waals surface area contributed by atoms with E-state index in [1.165, 1.54) is 12.1 Å². The fourth-order valence-electron chi connectivity index (χ4n) is 2.03. The van der Waals surface area contributed by atoms with Gasteiger partial charge in [-0.05, 0) is 45.8 Å². The number of nitriles is 1. The van der Waals surface area contributed by atoms with Crippen molar-refractivity contribution in [2.75, 3.05) is 5.32 Å².